The number of nitrogens with zero attached hydrogens (tertiary/aromatic N) is 3. The van der Waals surface area contributed by atoms with E-state index in [1.54, 1.807) is 18.2 Å². The molecule has 0 aliphatic carbocycles. The van der Waals surface area contributed by atoms with E-state index in [4.69, 9.17) is 9.47 Å². The highest BCUT2D eigenvalue weighted by molar-refractivity contribution is 5.60. The lowest BCUT2D eigenvalue weighted by atomic mass is 10.1. The second-order valence-corrected chi connectivity index (χ2v) is 7.84. The van der Waals surface area contributed by atoms with Gasteiger partial charge in [0.05, 0.1) is 12.2 Å². The molecule has 2 aromatic carbocycles. The van der Waals surface area contributed by atoms with Gasteiger partial charge in [-0.2, -0.15) is 5.10 Å². The van der Waals surface area contributed by atoms with E-state index in [-0.39, 0.29) is 30.0 Å². The molecule has 38 heavy (non-hydrogen) atoms. The van der Waals surface area contributed by atoms with E-state index < -0.39 is 17.4 Å². The first-order valence-electron chi connectivity index (χ1n) is 12.8. The fraction of sp³-hybridized carbons (Fsp3) is 0.379. The van der Waals surface area contributed by atoms with Crippen molar-refractivity contribution in [3.8, 4) is 22.8 Å². The van der Waals surface area contributed by atoms with Crippen molar-refractivity contribution in [2.24, 2.45) is 0 Å². The monoisotopic (exact) mass is 530 g/mol. The molecule has 0 saturated carbocycles. The molecule has 208 valence electrons. The molecule has 1 heterocycles. The Balaban J connectivity index is 0.00000172. The zero-order chi connectivity index (χ0) is 28.7. The molecule has 7 nitrogen and oxygen atoms in total. The number of likely N-dealkylation sites (N-methyl/N-ethyl adjacent to an activating group) is 1. The summed E-state index contributed by atoms with van der Waals surface area (Å²) < 4.78 is 41.2. The third kappa shape index (κ3) is 9.97. The molecule has 0 aliphatic rings. The second kappa shape index (κ2) is 16.9. The van der Waals surface area contributed by atoms with Crippen LogP contribution in [0, 0.1) is 11.6 Å². The lowest BCUT2D eigenvalue weighted by Gasteiger charge is -2.13. The molecule has 3 aromatic rings. The van der Waals surface area contributed by atoms with Crippen LogP contribution < -0.4 is 20.3 Å². The molecule has 0 bridgehead atoms. The largest absolute Gasteiger partial charge is 0.486 e. The van der Waals surface area contributed by atoms with E-state index in [1.807, 2.05) is 59.7 Å². The third-order valence-electron chi connectivity index (χ3n) is 4.79. The second-order valence-electron chi connectivity index (χ2n) is 7.84. The van der Waals surface area contributed by atoms with E-state index in [9.17, 15) is 13.6 Å². The summed E-state index contributed by atoms with van der Waals surface area (Å²) in [6, 6.07) is 12.2. The number of hydrogen-bond acceptors (Lipinski definition) is 6. The van der Waals surface area contributed by atoms with Crippen LogP contribution in [0.2, 0.25) is 0 Å². The molecule has 0 atom stereocenters. The Morgan fingerprint density at radius 1 is 1.05 bits per heavy atom. The zero-order valence-electron chi connectivity index (χ0n) is 23.5. The van der Waals surface area contributed by atoms with Crippen LogP contribution in [0.3, 0.4) is 0 Å². The Morgan fingerprint density at radius 2 is 1.71 bits per heavy atom. The van der Waals surface area contributed by atoms with Crippen molar-refractivity contribution in [1.82, 2.24) is 20.0 Å². The van der Waals surface area contributed by atoms with Crippen molar-refractivity contribution in [3.63, 3.8) is 0 Å². The first kappa shape index (κ1) is 32.3. The van der Waals surface area contributed by atoms with Gasteiger partial charge in [-0.05, 0) is 63.5 Å². The van der Waals surface area contributed by atoms with Crippen LogP contribution in [0.4, 0.5) is 8.78 Å². The van der Waals surface area contributed by atoms with Crippen LogP contribution >= 0.6 is 0 Å². The van der Waals surface area contributed by atoms with Gasteiger partial charge in [0.2, 0.25) is 0 Å². The lowest BCUT2D eigenvalue weighted by Crippen LogP contribution is -2.23. The standard InChI is InChI=1S/C25H28F2N4O3.2C2H6/c1-5-28-17(2)34-20-8-6-7-18(13-20)16-31-24(32)10-9-23(29-31)19-14-21(26)25(22(27)15-19)33-12-11-30(3)4;2*1-2/h6-10,13-15,28H,2,5,11-12,16H2,1,3-4H3;2*1-2H3. The molecule has 0 unspecified atom stereocenters. The Bertz CT molecular complexity index is 1190. The van der Waals surface area contributed by atoms with Gasteiger partial charge in [0.1, 0.15) is 12.4 Å². The summed E-state index contributed by atoms with van der Waals surface area (Å²) in [5, 5.41) is 7.28. The third-order valence-corrected chi connectivity index (χ3v) is 4.79. The fourth-order valence-corrected chi connectivity index (χ4v) is 3.15. The summed E-state index contributed by atoms with van der Waals surface area (Å²) in [7, 11) is 3.67. The van der Waals surface area contributed by atoms with Crippen molar-refractivity contribution in [3.05, 3.63) is 88.5 Å². The highest BCUT2D eigenvalue weighted by Crippen LogP contribution is 2.28. The molecule has 0 spiro atoms. The van der Waals surface area contributed by atoms with Crippen molar-refractivity contribution in [2.75, 3.05) is 33.8 Å². The number of nitrogens with one attached hydrogen (secondary N) is 1. The predicted molar refractivity (Wildman–Crippen MR) is 150 cm³/mol. The topological polar surface area (TPSA) is 68.6 Å². The molecule has 0 saturated heterocycles. The molecule has 1 N–H and O–H groups in total. The van der Waals surface area contributed by atoms with Crippen LogP contribution in [-0.2, 0) is 6.54 Å². The molecule has 0 aliphatic heterocycles. The molecule has 1 aromatic heterocycles. The Hall–Kier alpha value is -3.72. The Morgan fingerprint density at radius 3 is 2.32 bits per heavy atom. The first-order valence-corrected chi connectivity index (χ1v) is 12.8. The quantitative estimate of drug-likeness (QED) is 0.321. The van der Waals surface area contributed by atoms with Gasteiger partial charge in [0.15, 0.2) is 23.3 Å². The summed E-state index contributed by atoms with van der Waals surface area (Å²) in [6.45, 7) is 15.2. The maximum atomic E-state index is 14.6. The van der Waals surface area contributed by atoms with Gasteiger partial charge in [-0.1, -0.05) is 39.8 Å². The minimum absolute atomic E-state index is 0.147. The Kier molecular flexibility index (Phi) is 14.4. The predicted octanol–water partition coefficient (Wildman–Crippen LogP) is 5.69. The summed E-state index contributed by atoms with van der Waals surface area (Å²) in [5.41, 5.74) is 0.861. The molecular formula is C29H40F2N4O3. The van der Waals surface area contributed by atoms with Gasteiger partial charge in [-0.15, -0.1) is 0 Å². The van der Waals surface area contributed by atoms with E-state index in [0.717, 1.165) is 17.7 Å². The van der Waals surface area contributed by atoms with Crippen molar-refractivity contribution >= 4 is 0 Å². The minimum Gasteiger partial charge on any atom is -0.486 e. The number of ether oxygens (including phenoxy) is 2. The SMILES string of the molecule is C=C(NCC)Oc1cccc(Cn2nc(-c3cc(F)c(OCCN(C)C)c(F)c3)ccc2=O)c1.CC.CC. The van der Waals surface area contributed by atoms with E-state index >= 15 is 0 Å². The van der Waals surface area contributed by atoms with Gasteiger partial charge in [0.25, 0.3) is 5.56 Å². The van der Waals surface area contributed by atoms with Crippen LogP contribution in [0.1, 0.15) is 40.2 Å². The van der Waals surface area contributed by atoms with Crippen molar-refractivity contribution in [1.29, 1.82) is 0 Å². The van der Waals surface area contributed by atoms with Crippen molar-refractivity contribution < 1.29 is 18.3 Å². The normalized spacial score (nSPS) is 10.1. The molecular weight excluding hydrogens is 490 g/mol. The van der Waals surface area contributed by atoms with Gasteiger partial charge >= 0.3 is 0 Å². The highest BCUT2D eigenvalue weighted by Gasteiger charge is 2.15. The van der Waals surface area contributed by atoms with E-state index in [2.05, 4.69) is 17.0 Å². The van der Waals surface area contributed by atoms with E-state index in [1.165, 1.54) is 16.8 Å². The van der Waals surface area contributed by atoms with Crippen LogP contribution in [-0.4, -0.2) is 48.5 Å². The average molecular weight is 531 g/mol. The van der Waals surface area contributed by atoms with Crippen LogP contribution in [0.5, 0.6) is 11.5 Å². The minimum atomic E-state index is -0.834. The molecule has 3 rings (SSSR count). The van der Waals surface area contributed by atoms with E-state index in [0.29, 0.717) is 24.7 Å². The zero-order valence-corrected chi connectivity index (χ0v) is 23.5. The number of halogens is 2. The smallest absolute Gasteiger partial charge is 0.267 e. The summed E-state index contributed by atoms with van der Waals surface area (Å²) >= 11 is 0. The molecule has 9 heteroatoms. The Labute approximate surface area is 224 Å². The maximum Gasteiger partial charge on any atom is 0.267 e. The van der Waals surface area contributed by atoms with Gasteiger partial charge in [0, 0.05) is 24.7 Å². The molecule has 0 amide bonds. The number of rotatable bonds is 11. The molecule has 0 radical (unpaired) electrons. The van der Waals surface area contributed by atoms with Crippen molar-refractivity contribution in [2.45, 2.75) is 41.2 Å². The fourth-order valence-electron chi connectivity index (χ4n) is 3.15. The van der Waals surface area contributed by atoms with Gasteiger partial charge in [-0.25, -0.2) is 13.5 Å². The van der Waals surface area contributed by atoms with Crippen LogP contribution in [0.15, 0.2) is 65.8 Å². The summed E-state index contributed by atoms with van der Waals surface area (Å²) in [5.74, 6) is -1.13. The summed E-state index contributed by atoms with van der Waals surface area (Å²) in [6.07, 6.45) is 0. The number of hydrogen-bond donors (Lipinski definition) is 1. The number of aromatic nitrogens is 2. The summed E-state index contributed by atoms with van der Waals surface area (Å²) in [4.78, 5) is 14.2. The van der Waals surface area contributed by atoms with Gasteiger partial charge < -0.3 is 19.7 Å². The lowest BCUT2D eigenvalue weighted by molar-refractivity contribution is 0.242. The van der Waals surface area contributed by atoms with Gasteiger partial charge in [-0.3, -0.25) is 4.79 Å². The first-order chi connectivity index (χ1) is 18.3. The average Bonchev–Trinajstić information content (AvgIpc) is 2.89. The highest BCUT2D eigenvalue weighted by atomic mass is 19.1. The van der Waals surface area contributed by atoms with Crippen LogP contribution in [0.25, 0.3) is 11.3 Å². The molecule has 0 fully saturated rings. The number of benzene rings is 2. The maximum absolute atomic E-state index is 14.6.